The Morgan fingerprint density at radius 3 is 2.69 bits per heavy atom. The zero-order valence-corrected chi connectivity index (χ0v) is 9.10. The number of methoxy groups -OCH3 is 1. The molecule has 4 heteroatoms. The first-order chi connectivity index (χ1) is 6.10. The number of hydrogen-bond donors (Lipinski definition) is 0. The SMILES string of the molecule is CCC(C)CS(=O)/C=C/C(=O)OC. The Morgan fingerprint density at radius 1 is 1.62 bits per heavy atom. The maximum atomic E-state index is 11.2. The van der Waals surface area contributed by atoms with Crippen molar-refractivity contribution in [1.29, 1.82) is 0 Å². The first kappa shape index (κ1) is 12.4. The summed E-state index contributed by atoms with van der Waals surface area (Å²) in [6, 6.07) is 0. The topological polar surface area (TPSA) is 43.4 Å². The lowest BCUT2D eigenvalue weighted by molar-refractivity contribution is -0.134. The molecule has 0 aliphatic heterocycles. The van der Waals surface area contributed by atoms with Crippen LogP contribution < -0.4 is 0 Å². The molecule has 0 saturated carbocycles. The van der Waals surface area contributed by atoms with Crippen LogP contribution in [0.1, 0.15) is 20.3 Å². The third kappa shape index (κ3) is 6.51. The van der Waals surface area contributed by atoms with Crippen molar-refractivity contribution < 1.29 is 13.7 Å². The lowest BCUT2D eigenvalue weighted by atomic mass is 10.2. The van der Waals surface area contributed by atoms with Gasteiger partial charge in [0.15, 0.2) is 0 Å². The van der Waals surface area contributed by atoms with Gasteiger partial charge in [-0.05, 0) is 5.92 Å². The van der Waals surface area contributed by atoms with Gasteiger partial charge in [-0.25, -0.2) is 4.79 Å². The molecule has 0 saturated heterocycles. The van der Waals surface area contributed by atoms with Crippen LogP contribution in [0, 0.1) is 5.92 Å². The number of carbonyl (C=O) groups excluding carboxylic acids is 1. The Bertz CT molecular complexity index is 211. The molecule has 0 heterocycles. The van der Waals surface area contributed by atoms with Crippen LogP contribution in [0.4, 0.5) is 0 Å². The fraction of sp³-hybridized carbons (Fsp3) is 0.667. The molecule has 0 aromatic carbocycles. The number of hydrogen-bond acceptors (Lipinski definition) is 3. The maximum Gasteiger partial charge on any atom is 0.331 e. The highest BCUT2D eigenvalue weighted by Gasteiger charge is 2.03. The summed E-state index contributed by atoms with van der Waals surface area (Å²) < 4.78 is 15.6. The van der Waals surface area contributed by atoms with Gasteiger partial charge < -0.3 is 4.74 Å². The van der Waals surface area contributed by atoms with E-state index < -0.39 is 16.8 Å². The minimum absolute atomic E-state index is 0.420. The average Bonchev–Trinajstić information content (AvgIpc) is 2.13. The molecular formula is C9H16O3S. The van der Waals surface area contributed by atoms with Gasteiger partial charge in [-0.2, -0.15) is 0 Å². The van der Waals surface area contributed by atoms with Crippen LogP contribution in [0.2, 0.25) is 0 Å². The first-order valence-corrected chi connectivity index (χ1v) is 5.61. The number of ether oxygens (including phenoxy) is 1. The zero-order valence-electron chi connectivity index (χ0n) is 8.28. The molecule has 0 radical (unpaired) electrons. The fourth-order valence-corrected chi connectivity index (χ4v) is 1.82. The highest BCUT2D eigenvalue weighted by atomic mass is 32.2. The van der Waals surface area contributed by atoms with Crippen LogP contribution in [-0.2, 0) is 20.3 Å². The second kappa shape index (κ2) is 6.83. The Kier molecular flexibility index (Phi) is 6.49. The van der Waals surface area contributed by atoms with Crippen molar-refractivity contribution >= 4 is 16.8 Å². The van der Waals surface area contributed by atoms with E-state index in [0.717, 1.165) is 6.42 Å². The summed E-state index contributed by atoms with van der Waals surface area (Å²) in [6.07, 6.45) is 2.20. The van der Waals surface area contributed by atoms with Crippen LogP contribution in [0.5, 0.6) is 0 Å². The predicted octanol–water partition coefficient (Wildman–Crippen LogP) is 1.47. The summed E-state index contributed by atoms with van der Waals surface area (Å²) in [5.74, 6) is 0.560. The Hall–Kier alpha value is -0.640. The predicted molar refractivity (Wildman–Crippen MR) is 53.6 cm³/mol. The Labute approximate surface area is 81.6 Å². The molecule has 0 bridgehead atoms. The molecule has 2 unspecified atom stereocenters. The quantitative estimate of drug-likeness (QED) is 0.503. The molecule has 0 N–H and O–H groups in total. The normalized spacial score (nSPS) is 15.6. The van der Waals surface area contributed by atoms with E-state index in [1.807, 2.05) is 13.8 Å². The summed E-state index contributed by atoms with van der Waals surface area (Å²) in [5.41, 5.74) is 0. The molecule has 0 aromatic rings. The summed E-state index contributed by atoms with van der Waals surface area (Å²) in [4.78, 5) is 10.6. The van der Waals surface area contributed by atoms with Gasteiger partial charge in [0.05, 0.1) is 7.11 Å². The van der Waals surface area contributed by atoms with Crippen LogP contribution in [0.15, 0.2) is 11.5 Å². The van der Waals surface area contributed by atoms with E-state index in [9.17, 15) is 9.00 Å². The average molecular weight is 204 g/mol. The van der Waals surface area contributed by atoms with Crippen LogP contribution >= 0.6 is 0 Å². The van der Waals surface area contributed by atoms with Gasteiger partial charge in [-0.15, -0.1) is 0 Å². The van der Waals surface area contributed by atoms with Gasteiger partial charge in [-0.1, -0.05) is 20.3 Å². The highest BCUT2D eigenvalue weighted by Crippen LogP contribution is 2.03. The molecule has 3 nitrogen and oxygen atoms in total. The van der Waals surface area contributed by atoms with Crippen molar-refractivity contribution in [2.24, 2.45) is 5.92 Å². The van der Waals surface area contributed by atoms with E-state index in [2.05, 4.69) is 4.74 Å². The molecular weight excluding hydrogens is 188 g/mol. The molecule has 2 atom stereocenters. The van der Waals surface area contributed by atoms with E-state index in [0.29, 0.717) is 11.7 Å². The molecule has 0 spiro atoms. The summed E-state index contributed by atoms with van der Waals surface area (Å²) in [7, 11) is 0.242. The maximum absolute atomic E-state index is 11.2. The molecule has 0 aliphatic carbocycles. The van der Waals surface area contributed by atoms with Crippen molar-refractivity contribution in [2.45, 2.75) is 20.3 Å². The van der Waals surface area contributed by atoms with E-state index in [-0.39, 0.29) is 0 Å². The van der Waals surface area contributed by atoms with Gasteiger partial charge in [0.2, 0.25) is 0 Å². The Morgan fingerprint density at radius 2 is 2.23 bits per heavy atom. The van der Waals surface area contributed by atoms with E-state index in [4.69, 9.17) is 0 Å². The van der Waals surface area contributed by atoms with Crippen LogP contribution in [0.3, 0.4) is 0 Å². The Balaban J connectivity index is 3.87. The van der Waals surface area contributed by atoms with Crippen molar-refractivity contribution in [3.8, 4) is 0 Å². The van der Waals surface area contributed by atoms with Gasteiger partial charge in [0, 0.05) is 28.0 Å². The highest BCUT2D eigenvalue weighted by molar-refractivity contribution is 7.88. The van der Waals surface area contributed by atoms with Crippen LogP contribution in [0.25, 0.3) is 0 Å². The summed E-state index contributed by atoms with van der Waals surface area (Å²) in [6.45, 7) is 4.08. The summed E-state index contributed by atoms with van der Waals surface area (Å²) >= 11 is 0. The van der Waals surface area contributed by atoms with Gasteiger partial charge in [0.1, 0.15) is 0 Å². The third-order valence-corrected chi connectivity index (χ3v) is 3.04. The molecule has 13 heavy (non-hydrogen) atoms. The minimum Gasteiger partial charge on any atom is -0.466 e. The first-order valence-electron chi connectivity index (χ1n) is 4.23. The molecule has 0 rings (SSSR count). The molecule has 76 valence electrons. The largest absolute Gasteiger partial charge is 0.466 e. The van der Waals surface area contributed by atoms with E-state index in [1.54, 1.807) is 0 Å². The van der Waals surface area contributed by atoms with Crippen molar-refractivity contribution in [2.75, 3.05) is 12.9 Å². The van der Waals surface area contributed by atoms with Gasteiger partial charge in [0.25, 0.3) is 0 Å². The molecule has 0 aromatic heterocycles. The van der Waals surface area contributed by atoms with Gasteiger partial charge in [-0.3, -0.25) is 4.21 Å². The van der Waals surface area contributed by atoms with E-state index in [1.165, 1.54) is 18.6 Å². The lowest BCUT2D eigenvalue weighted by Crippen LogP contribution is -2.05. The van der Waals surface area contributed by atoms with Crippen molar-refractivity contribution in [3.05, 3.63) is 11.5 Å². The second-order valence-corrected chi connectivity index (χ2v) is 4.25. The lowest BCUT2D eigenvalue weighted by Gasteiger charge is -2.03. The smallest absolute Gasteiger partial charge is 0.331 e. The number of rotatable bonds is 5. The van der Waals surface area contributed by atoms with Crippen molar-refractivity contribution in [3.63, 3.8) is 0 Å². The van der Waals surface area contributed by atoms with Crippen LogP contribution in [-0.4, -0.2) is 23.0 Å². The molecule has 0 amide bonds. The fourth-order valence-electron chi connectivity index (χ4n) is 0.653. The monoisotopic (exact) mass is 204 g/mol. The molecule has 0 fully saturated rings. The van der Waals surface area contributed by atoms with Crippen molar-refractivity contribution in [1.82, 2.24) is 0 Å². The third-order valence-electron chi connectivity index (χ3n) is 1.70. The summed E-state index contributed by atoms with van der Waals surface area (Å²) in [5, 5.41) is 1.39. The second-order valence-electron chi connectivity index (χ2n) is 2.89. The number of carbonyl (C=O) groups is 1. The number of esters is 1. The van der Waals surface area contributed by atoms with E-state index >= 15 is 0 Å². The standard InChI is InChI=1S/C9H16O3S/c1-4-8(2)7-13(11)6-5-9(10)12-3/h5-6,8H,4,7H2,1-3H3/b6-5+. The molecule has 0 aliphatic rings. The zero-order chi connectivity index (χ0) is 10.3. The van der Waals surface area contributed by atoms with Gasteiger partial charge >= 0.3 is 5.97 Å². The minimum atomic E-state index is -1.05.